The molecule has 0 aliphatic carbocycles. The van der Waals surface area contributed by atoms with Gasteiger partial charge in [0.1, 0.15) is 5.01 Å². The van der Waals surface area contributed by atoms with Crippen molar-refractivity contribution in [1.82, 2.24) is 10.2 Å². The third-order valence-electron chi connectivity index (χ3n) is 3.11. The molecule has 1 aromatic heterocycles. The second-order valence-corrected chi connectivity index (χ2v) is 5.91. The molecule has 3 aromatic rings. The quantitative estimate of drug-likeness (QED) is 0.775. The van der Waals surface area contributed by atoms with E-state index >= 15 is 0 Å². The predicted octanol–water partition coefficient (Wildman–Crippen LogP) is 3.89. The van der Waals surface area contributed by atoms with Crippen LogP contribution >= 0.6 is 11.3 Å². The number of hydrogen-bond acceptors (Lipinski definition) is 4. The van der Waals surface area contributed by atoms with Gasteiger partial charge in [-0.2, -0.15) is 0 Å². The Morgan fingerprint density at radius 2 is 1.65 bits per heavy atom. The lowest BCUT2D eigenvalue weighted by Crippen LogP contribution is -2.14. The van der Waals surface area contributed by atoms with Crippen LogP contribution in [0, 0.1) is 0 Å². The van der Waals surface area contributed by atoms with Crippen LogP contribution in [0.2, 0.25) is 0 Å². The summed E-state index contributed by atoms with van der Waals surface area (Å²) in [6.07, 6.45) is 4.19. The monoisotopic (exact) mass is 321 g/mol. The second-order valence-electron chi connectivity index (χ2n) is 4.90. The molecule has 0 spiro atoms. The first-order chi connectivity index (χ1) is 11.3. The number of carbonyl (C=O) groups excluding carboxylic acids is 1. The standard InChI is InChI=1S/C18H15N3OS/c22-16(13-15-9-5-2-6-10-15)19-18-21-20-17(23-18)12-11-14-7-3-1-4-8-14/h1-12H,13H2,(H,19,21,22). The third kappa shape index (κ3) is 4.59. The molecule has 0 fully saturated rings. The summed E-state index contributed by atoms with van der Waals surface area (Å²) in [5.74, 6) is -0.0917. The number of aromatic nitrogens is 2. The molecule has 5 heteroatoms. The molecular weight excluding hydrogens is 306 g/mol. The predicted molar refractivity (Wildman–Crippen MR) is 94.1 cm³/mol. The minimum absolute atomic E-state index is 0.0917. The molecule has 0 radical (unpaired) electrons. The van der Waals surface area contributed by atoms with Gasteiger partial charge in [0.25, 0.3) is 0 Å². The van der Waals surface area contributed by atoms with Gasteiger partial charge in [-0.3, -0.25) is 4.79 Å². The molecule has 0 unspecified atom stereocenters. The largest absolute Gasteiger partial charge is 0.300 e. The van der Waals surface area contributed by atoms with Crippen molar-refractivity contribution in [3.63, 3.8) is 0 Å². The highest BCUT2D eigenvalue weighted by Gasteiger charge is 2.07. The van der Waals surface area contributed by atoms with Crippen LogP contribution in [-0.2, 0) is 11.2 Å². The normalized spacial score (nSPS) is 10.8. The van der Waals surface area contributed by atoms with Gasteiger partial charge >= 0.3 is 0 Å². The van der Waals surface area contributed by atoms with Crippen molar-refractivity contribution < 1.29 is 4.79 Å². The SMILES string of the molecule is O=C(Cc1ccccc1)Nc1nnc(C=Cc2ccccc2)s1. The molecule has 1 amide bonds. The fourth-order valence-corrected chi connectivity index (χ4v) is 2.69. The average molecular weight is 321 g/mol. The Bertz CT molecular complexity index is 797. The highest BCUT2D eigenvalue weighted by atomic mass is 32.1. The van der Waals surface area contributed by atoms with Crippen molar-refractivity contribution in [2.75, 3.05) is 5.32 Å². The lowest BCUT2D eigenvalue weighted by Gasteiger charge is -2.00. The molecule has 0 aliphatic rings. The van der Waals surface area contributed by atoms with Crippen LogP contribution in [0.15, 0.2) is 60.7 Å². The lowest BCUT2D eigenvalue weighted by molar-refractivity contribution is -0.115. The number of anilines is 1. The molecule has 0 atom stereocenters. The maximum absolute atomic E-state index is 12.0. The van der Waals surface area contributed by atoms with Crippen LogP contribution in [0.1, 0.15) is 16.1 Å². The Kier molecular flexibility index (Phi) is 4.91. The molecule has 3 rings (SSSR count). The Morgan fingerprint density at radius 1 is 0.957 bits per heavy atom. The van der Waals surface area contributed by atoms with E-state index in [-0.39, 0.29) is 5.91 Å². The van der Waals surface area contributed by atoms with Crippen LogP contribution in [0.25, 0.3) is 12.2 Å². The fraction of sp³-hybridized carbons (Fsp3) is 0.0556. The highest BCUT2D eigenvalue weighted by Crippen LogP contribution is 2.18. The maximum atomic E-state index is 12.0. The van der Waals surface area contributed by atoms with E-state index in [2.05, 4.69) is 15.5 Å². The van der Waals surface area contributed by atoms with Gasteiger partial charge in [0, 0.05) is 0 Å². The molecule has 2 aromatic carbocycles. The molecule has 0 bridgehead atoms. The van der Waals surface area contributed by atoms with Crippen LogP contribution in [0.5, 0.6) is 0 Å². The van der Waals surface area contributed by atoms with Crippen molar-refractivity contribution in [1.29, 1.82) is 0 Å². The van der Waals surface area contributed by atoms with E-state index in [4.69, 9.17) is 0 Å². The van der Waals surface area contributed by atoms with Crippen molar-refractivity contribution in [3.8, 4) is 0 Å². The first kappa shape index (κ1) is 15.1. The first-order valence-electron chi connectivity index (χ1n) is 7.20. The number of benzene rings is 2. The molecular formula is C18H15N3OS. The minimum atomic E-state index is -0.0917. The van der Waals surface area contributed by atoms with Gasteiger partial charge in [0.05, 0.1) is 6.42 Å². The van der Waals surface area contributed by atoms with Gasteiger partial charge < -0.3 is 5.32 Å². The molecule has 1 N–H and O–H groups in total. The summed E-state index contributed by atoms with van der Waals surface area (Å²) in [7, 11) is 0. The first-order valence-corrected chi connectivity index (χ1v) is 8.02. The van der Waals surface area contributed by atoms with Crippen LogP contribution in [0.3, 0.4) is 0 Å². The molecule has 0 saturated heterocycles. The molecule has 0 aliphatic heterocycles. The zero-order chi connectivity index (χ0) is 15.9. The number of hydrogen-bond donors (Lipinski definition) is 1. The molecule has 23 heavy (non-hydrogen) atoms. The van der Waals surface area contributed by atoms with Crippen molar-refractivity contribution in [3.05, 3.63) is 76.8 Å². The maximum Gasteiger partial charge on any atom is 0.230 e. The van der Waals surface area contributed by atoms with E-state index in [1.807, 2.05) is 72.8 Å². The van der Waals surface area contributed by atoms with Crippen molar-refractivity contribution in [2.45, 2.75) is 6.42 Å². The third-order valence-corrected chi connectivity index (χ3v) is 3.92. The van der Waals surface area contributed by atoms with Crippen LogP contribution in [-0.4, -0.2) is 16.1 Å². The fourth-order valence-electron chi connectivity index (χ4n) is 2.03. The topological polar surface area (TPSA) is 54.9 Å². The van der Waals surface area contributed by atoms with Crippen LogP contribution in [0.4, 0.5) is 5.13 Å². The minimum Gasteiger partial charge on any atom is -0.300 e. The van der Waals surface area contributed by atoms with Gasteiger partial charge in [-0.05, 0) is 17.2 Å². The summed E-state index contributed by atoms with van der Waals surface area (Å²) < 4.78 is 0. The van der Waals surface area contributed by atoms with E-state index < -0.39 is 0 Å². The number of rotatable bonds is 5. The lowest BCUT2D eigenvalue weighted by atomic mass is 10.1. The molecule has 114 valence electrons. The number of amides is 1. The number of carbonyl (C=O) groups is 1. The van der Waals surface area contributed by atoms with Gasteiger partial charge in [0.15, 0.2) is 0 Å². The Labute approximate surface area is 138 Å². The van der Waals surface area contributed by atoms with Crippen molar-refractivity contribution in [2.24, 2.45) is 0 Å². The number of nitrogens with one attached hydrogen (secondary N) is 1. The average Bonchev–Trinajstić information content (AvgIpc) is 3.02. The van der Waals surface area contributed by atoms with Crippen molar-refractivity contribution >= 4 is 34.5 Å². The summed E-state index contributed by atoms with van der Waals surface area (Å²) in [4.78, 5) is 12.0. The van der Waals surface area contributed by atoms with E-state index in [0.717, 1.165) is 16.1 Å². The summed E-state index contributed by atoms with van der Waals surface area (Å²) in [6, 6.07) is 19.6. The molecule has 1 heterocycles. The summed E-state index contributed by atoms with van der Waals surface area (Å²) in [5.41, 5.74) is 2.07. The zero-order valence-corrected chi connectivity index (χ0v) is 13.2. The number of nitrogens with zero attached hydrogens (tertiary/aromatic N) is 2. The Hall–Kier alpha value is -2.79. The highest BCUT2D eigenvalue weighted by molar-refractivity contribution is 7.16. The Balaban J connectivity index is 1.59. The van der Waals surface area contributed by atoms with Gasteiger partial charge in [0.2, 0.25) is 11.0 Å². The van der Waals surface area contributed by atoms with E-state index in [1.165, 1.54) is 11.3 Å². The van der Waals surface area contributed by atoms with Gasteiger partial charge in [-0.15, -0.1) is 10.2 Å². The summed E-state index contributed by atoms with van der Waals surface area (Å²) in [5, 5.41) is 12.1. The smallest absolute Gasteiger partial charge is 0.230 e. The van der Waals surface area contributed by atoms with E-state index in [9.17, 15) is 4.79 Å². The van der Waals surface area contributed by atoms with Gasteiger partial charge in [-0.1, -0.05) is 78.1 Å². The molecule has 0 saturated carbocycles. The van der Waals surface area contributed by atoms with Crippen LogP contribution < -0.4 is 5.32 Å². The van der Waals surface area contributed by atoms with E-state index in [1.54, 1.807) is 0 Å². The Morgan fingerprint density at radius 3 is 2.39 bits per heavy atom. The molecule has 4 nitrogen and oxygen atoms in total. The second kappa shape index (κ2) is 7.47. The summed E-state index contributed by atoms with van der Waals surface area (Å²) in [6.45, 7) is 0. The summed E-state index contributed by atoms with van der Waals surface area (Å²) >= 11 is 1.35. The van der Waals surface area contributed by atoms with Gasteiger partial charge in [-0.25, -0.2) is 0 Å². The van der Waals surface area contributed by atoms with E-state index in [0.29, 0.717) is 11.6 Å². The zero-order valence-electron chi connectivity index (χ0n) is 12.3.